The molecule has 6 nitrogen and oxygen atoms in total. The summed E-state index contributed by atoms with van der Waals surface area (Å²) in [4.78, 5) is 2.77. The number of para-hydroxylation sites is 1. The van der Waals surface area contributed by atoms with E-state index in [0.29, 0.717) is 5.69 Å². The Bertz CT molecular complexity index is 922. The summed E-state index contributed by atoms with van der Waals surface area (Å²) < 4.78 is 97.6. The molecule has 0 radical (unpaired) electrons. The molecule has 2 aromatic rings. The topological polar surface area (TPSA) is 97.4 Å². The monoisotopic (exact) mass is 413 g/mol. The van der Waals surface area contributed by atoms with E-state index >= 15 is 0 Å². The summed E-state index contributed by atoms with van der Waals surface area (Å²) in [5.41, 5.74) is -6.22. The fourth-order valence-corrected chi connectivity index (χ4v) is 1.61. The van der Waals surface area contributed by atoms with E-state index in [9.17, 15) is 26.3 Å². The van der Waals surface area contributed by atoms with Crippen LogP contribution in [0.2, 0.25) is 0 Å². The fraction of sp³-hybridized carbons (Fsp3) is 0.143. The number of hydrogen-bond acceptors (Lipinski definition) is 5. The van der Waals surface area contributed by atoms with E-state index < -0.39 is 27.4 Å². The first-order valence-electron chi connectivity index (χ1n) is 6.66. The minimum Gasteiger partial charge on any atom is -0.741 e. The molecule has 0 bridgehead atoms. The van der Waals surface area contributed by atoms with E-state index in [0.717, 1.165) is 6.07 Å². The van der Waals surface area contributed by atoms with Crippen molar-refractivity contribution in [1.82, 2.24) is 0 Å². The third-order valence-electron chi connectivity index (χ3n) is 2.76. The van der Waals surface area contributed by atoms with E-state index in [1.165, 1.54) is 12.1 Å². The summed E-state index contributed by atoms with van der Waals surface area (Å²) in [5.74, 6) is 0. The number of halogens is 6. The number of diazo groups is 1. The fourth-order valence-electron chi connectivity index (χ4n) is 1.61. The van der Waals surface area contributed by atoms with Gasteiger partial charge in [-0.3, -0.25) is 0 Å². The molecular formula is C14H9F6N3O3S. The highest BCUT2D eigenvalue weighted by Gasteiger charge is 2.37. The van der Waals surface area contributed by atoms with Crippen molar-refractivity contribution < 1.29 is 39.3 Å². The van der Waals surface area contributed by atoms with Gasteiger partial charge < -0.3 is 9.87 Å². The Kier molecular flexibility index (Phi) is 6.76. The van der Waals surface area contributed by atoms with Crippen molar-refractivity contribution in [2.24, 2.45) is 0 Å². The Morgan fingerprint density at radius 3 is 1.89 bits per heavy atom. The standard InChI is InChI=1S/C13H9F3N3.CHF3O3S/c14-13(15,16)11-8-10(19-17)6-7-12(11)18-9-4-2-1-3-5-9;2-1(3,4)8(5,6)7/h1-8,18H;(H,5,6,7)/q+1;/p-1. The molecule has 1 N–H and O–H groups in total. The van der Waals surface area contributed by atoms with E-state index in [4.69, 9.17) is 18.4 Å². The Balaban J connectivity index is 0.000000387. The summed E-state index contributed by atoms with van der Waals surface area (Å²) >= 11 is 0. The van der Waals surface area contributed by atoms with Crippen LogP contribution < -0.4 is 5.32 Å². The van der Waals surface area contributed by atoms with Crippen LogP contribution in [0.15, 0.2) is 48.5 Å². The maximum absolute atomic E-state index is 12.9. The maximum atomic E-state index is 12.9. The molecule has 0 amide bonds. The van der Waals surface area contributed by atoms with Crippen molar-refractivity contribution in [2.75, 3.05) is 5.32 Å². The lowest BCUT2D eigenvalue weighted by atomic mass is 10.1. The van der Waals surface area contributed by atoms with Gasteiger partial charge in [0, 0.05) is 17.8 Å². The van der Waals surface area contributed by atoms with Crippen LogP contribution in [0.5, 0.6) is 0 Å². The minimum absolute atomic E-state index is 0.0916. The lowest BCUT2D eigenvalue weighted by molar-refractivity contribution is -0.136. The molecule has 13 heteroatoms. The molecule has 2 rings (SSSR count). The first-order chi connectivity index (χ1) is 12.3. The Morgan fingerprint density at radius 1 is 0.963 bits per heavy atom. The van der Waals surface area contributed by atoms with Crippen LogP contribution >= 0.6 is 0 Å². The molecule has 0 spiro atoms. The summed E-state index contributed by atoms with van der Waals surface area (Å²) in [7, 11) is -6.09. The summed E-state index contributed by atoms with van der Waals surface area (Å²) in [6.07, 6.45) is -4.53. The van der Waals surface area contributed by atoms with E-state index in [-0.39, 0.29) is 11.4 Å². The summed E-state index contributed by atoms with van der Waals surface area (Å²) in [5, 5.41) is 11.2. The quantitative estimate of drug-likeness (QED) is 0.324. The number of anilines is 2. The predicted molar refractivity (Wildman–Crippen MR) is 81.7 cm³/mol. The van der Waals surface area contributed by atoms with Gasteiger partial charge in [-0.25, -0.2) is 8.42 Å². The van der Waals surface area contributed by atoms with E-state index in [1.807, 2.05) is 0 Å². The zero-order valence-corrected chi connectivity index (χ0v) is 13.7. The molecule has 0 aliphatic carbocycles. The number of nitrogens with one attached hydrogen (secondary N) is 1. The largest absolute Gasteiger partial charge is 0.741 e. The molecule has 0 saturated heterocycles. The smallest absolute Gasteiger partial charge is 0.485 e. The van der Waals surface area contributed by atoms with Gasteiger partial charge in [-0.1, -0.05) is 18.2 Å². The van der Waals surface area contributed by atoms with E-state index in [1.54, 1.807) is 30.3 Å². The second-order valence-corrected chi connectivity index (χ2v) is 6.09. The zero-order valence-electron chi connectivity index (χ0n) is 12.9. The van der Waals surface area contributed by atoms with Crippen molar-refractivity contribution in [2.45, 2.75) is 11.7 Å². The lowest BCUT2D eigenvalue weighted by Crippen LogP contribution is -2.21. The molecule has 0 saturated carbocycles. The van der Waals surface area contributed by atoms with Gasteiger partial charge in [0.15, 0.2) is 15.1 Å². The van der Waals surface area contributed by atoms with Crippen molar-refractivity contribution in [3.05, 3.63) is 59.1 Å². The van der Waals surface area contributed by atoms with E-state index in [2.05, 4.69) is 10.3 Å². The number of nitrogens with zero attached hydrogens (tertiary/aromatic N) is 2. The first kappa shape index (κ1) is 22.2. The molecule has 27 heavy (non-hydrogen) atoms. The molecule has 0 heterocycles. The average molecular weight is 413 g/mol. The van der Waals surface area contributed by atoms with Crippen molar-refractivity contribution in [3.8, 4) is 0 Å². The second-order valence-electron chi connectivity index (χ2n) is 4.72. The van der Waals surface area contributed by atoms with Crippen LogP contribution in [-0.2, 0) is 16.3 Å². The molecule has 0 fully saturated rings. The normalized spacial score (nSPS) is 11.8. The molecular weight excluding hydrogens is 404 g/mol. The van der Waals surface area contributed by atoms with Crippen LogP contribution in [0.4, 0.5) is 43.4 Å². The highest BCUT2D eigenvalue weighted by atomic mass is 32.2. The van der Waals surface area contributed by atoms with Gasteiger partial charge in [0.1, 0.15) is 0 Å². The molecule has 2 aromatic carbocycles. The molecule has 0 aromatic heterocycles. The number of hydrogen-bond donors (Lipinski definition) is 1. The molecule has 0 aliphatic heterocycles. The van der Waals surface area contributed by atoms with Gasteiger partial charge in [0.05, 0.1) is 11.3 Å². The number of benzene rings is 2. The molecule has 0 unspecified atom stereocenters. The summed E-state index contributed by atoms with van der Waals surface area (Å²) in [6.45, 7) is 0. The lowest BCUT2D eigenvalue weighted by Gasteiger charge is -2.13. The van der Waals surface area contributed by atoms with Crippen LogP contribution in [0, 0.1) is 5.39 Å². The van der Waals surface area contributed by atoms with Crippen LogP contribution in [0.1, 0.15) is 5.56 Å². The zero-order chi connectivity index (χ0) is 20.9. The van der Waals surface area contributed by atoms with Gasteiger partial charge >= 0.3 is 17.4 Å². The Labute approximate surface area is 148 Å². The van der Waals surface area contributed by atoms with Crippen LogP contribution in [0.3, 0.4) is 0 Å². The van der Waals surface area contributed by atoms with Crippen molar-refractivity contribution in [1.29, 1.82) is 5.39 Å². The minimum atomic E-state index is -6.09. The second kappa shape index (κ2) is 8.23. The Hall–Kier alpha value is -2.85. The number of alkyl halides is 6. The van der Waals surface area contributed by atoms with Crippen LogP contribution in [-0.4, -0.2) is 18.5 Å². The number of rotatable bonds is 2. The van der Waals surface area contributed by atoms with Crippen LogP contribution in [0.25, 0.3) is 4.98 Å². The van der Waals surface area contributed by atoms with Gasteiger partial charge in [0.25, 0.3) is 0 Å². The molecule has 0 atom stereocenters. The van der Waals surface area contributed by atoms with Gasteiger partial charge in [-0.05, 0) is 18.2 Å². The predicted octanol–water partition coefficient (Wildman–Crippen LogP) is 4.98. The molecule has 0 aliphatic rings. The van der Waals surface area contributed by atoms with Gasteiger partial charge in [-0.15, -0.1) is 0 Å². The van der Waals surface area contributed by atoms with Crippen molar-refractivity contribution in [3.63, 3.8) is 0 Å². The van der Waals surface area contributed by atoms with Crippen molar-refractivity contribution >= 4 is 27.2 Å². The van der Waals surface area contributed by atoms with Gasteiger partial charge in [-0.2, -0.15) is 26.3 Å². The highest BCUT2D eigenvalue weighted by Crippen LogP contribution is 2.38. The highest BCUT2D eigenvalue weighted by molar-refractivity contribution is 7.86. The third kappa shape index (κ3) is 6.76. The third-order valence-corrected chi connectivity index (χ3v) is 3.33. The van der Waals surface area contributed by atoms with Gasteiger partial charge in [0.2, 0.25) is 5.39 Å². The first-order valence-corrected chi connectivity index (χ1v) is 8.07. The summed E-state index contributed by atoms with van der Waals surface area (Å²) in [6, 6.07) is 11.8. The molecule has 146 valence electrons. The Morgan fingerprint density at radius 2 is 1.48 bits per heavy atom. The SMILES string of the molecule is N#[N+]c1ccc(Nc2ccccc2)c(C(F)(F)F)c1.O=S(=O)([O-])C(F)(F)F. The maximum Gasteiger partial charge on any atom is 0.485 e. The average Bonchev–Trinajstić information content (AvgIpc) is 2.54.